The van der Waals surface area contributed by atoms with Crippen LogP contribution in [0.2, 0.25) is 5.02 Å². The zero-order valence-corrected chi connectivity index (χ0v) is 21.7. The van der Waals surface area contributed by atoms with Crippen molar-refractivity contribution in [1.29, 1.82) is 0 Å². The predicted octanol–water partition coefficient (Wildman–Crippen LogP) is 2.07. The molecule has 4 aromatic rings. The number of carbonyl (C=O) groups is 1. The third kappa shape index (κ3) is 4.56. The number of hydrogen-bond donors (Lipinski definition) is 5. The van der Waals surface area contributed by atoms with Crippen LogP contribution >= 0.6 is 11.6 Å². The molecule has 0 bridgehead atoms. The SMILES string of the molecule is O=C(N[C@@H]1CCO[C@]12O[C@H](CO)[C@H](O)[C@H](n1cc(-c3cc(F)c(F)c(F)c3)nn1)[C@H]2O)c1c[nH]c2ccc(Cl)cc12. The maximum Gasteiger partial charge on any atom is 0.253 e. The Morgan fingerprint density at radius 3 is 2.71 bits per heavy atom. The van der Waals surface area contributed by atoms with E-state index in [1.54, 1.807) is 18.2 Å². The molecule has 4 heterocycles. The molecule has 2 aromatic carbocycles. The zero-order chi connectivity index (χ0) is 29.1. The number of halogens is 4. The molecule has 2 fully saturated rings. The van der Waals surface area contributed by atoms with E-state index in [0.29, 0.717) is 15.9 Å². The average Bonchev–Trinajstić information content (AvgIpc) is 3.69. The number of H-pyrrole nitrogens is 1. The van der Waals surface area contributed by atoms with E-state index in [0.717, 1.165) is 16.8 Å². The lowest BCUT2D eigenvalue weighted by molar-refractivity contribution is -0.344. The Morgan fingerprint density at radius 1 is 1.22 bits per heavy atom. The summed E-state index contributed by atoms with van der Waals surface area (Å²) in [6.45, 7) is -0.632. The molecular formula is C26H23ClF3N5O6. The fourth-order valence-corrected chi connectivity index (χ4v) is 5.63. The van der Waals surface area contributed by atoms with Gasteiger partial charge in [-0.1, -0.05) is 16.8 Å². The Morgan fingerprint density at radius 2 is 1.98 bits per heavy atom. The summed E-state index contributed by atoms with van der Waals surface area (Å²) in [6, 6.07) is 4.19. The smallest absolute Gasteiger partial charge is 0.253 e. The highest BCUT2D eigenvalue weighted by Crippen LogP contribution is 2.43. The molecular weight excluding hydrogens is 571 g/mol. The van der Waals surface area contributed by atoms with Crippen molar-refractivity contribution < 1.29 is 42.8 Å². The van der Waals surface area contributed by atoms with Crippen LogP contribution in [0.5, 0.6) is 0 Å². The number of nitrogens with one attached hydrogen (secondary N) is 2. The number of nitrogens with zero attached hydrogens (tertiary/aromatic N) is 3. The number of aliphatic hydroxyl groups excluding tert-OH is 3. The van der Waals surface area contributed by atoms with Crippen LogP contribution in [0.4, 0.5) is 13.2 Å². The summed E-state index contributed by atoms with van der Waals surface area (Å²) in [4.78, 5) is 16.3. The Hall–Kier alpha value is -3.53. The normalized spacial score (nSPS) is 28.0. The van der Waals surface area contributed by atoms with Gasteiger partial charge >= 0.3 is 0 Å². The molecule has 15 heteroatoms. The molecule has 6 atom stereocenters. The van der Waals surface area contributed by atoms with Crippen molar-refractivity contribution >= 4 is 28.4 Å². The molecule has 5 N–H and O–H groups in total. The minimum atomic E-state index is -1.92. The highest BCUT2D eigenvalue weighted by atomic mass is 35.5. The summed E-state index contributed by atoms with van der Waals surface area (Å²) in [6.07, 6.45) is -1.60. The van der Waals surface area contributed by atoms with E-state index in [2.05, 4.69) is 20.6 Å². The Bertz CT molecular complexity index is 1610. The summed E-state index contributed by atoms with van der Waals surface area (Å²) in [5, 5.41) is 44.1. The number of benzene rings is 2. The van der Waals surface area contributed by atoms with Crippen LogP contribution in [-0.4, -0.2) is 84.6 Å². The van der Waals surface area contributed by atoms with Gasteiger partial charge in [-0.15, -0.1) is 5.10 Å². The van der Waals surface area contributed by atoms with Crippen LogP contribution in [0.3, 0.4) is 0 Å². The number of ether oxygens (including phenoxy) is 2. The van der Waals surface area contributed by atoms with Crippen LogP contribution < -0.4 is 5.32 Å². The van der Waals surface area contributed by atoms with Crippen molar-refractivity contribution in [3.05, 3.63) is 70.8 Å². The van der Waals surface area contributed by atoms with Crippen molar-refractivity contribution in [2.75, 3.05) is 13.2 Å². The first-order chi connectivity index (χ1) is 19.6. The minimum Gasteiger partial charge on any atom is -0.394 e. The second kappa shape index (κ2) is 10.4. The monoisotopic (exact) mass is 593 g/mol. The van der Waals surface area contributed by atoms with Crippen molar-refractivity contribution in [1.82, 2.24) is 25.3 Å². The number of aliphatic hydroxyl groups is 3. The number of aromatic nitrogens is 4. The summed E-state index contributed by atoms with van der Waals surface area (Å²) in [5.41, 5.74) is 0.735. The first-order valence-electron chi connectivity index (χ1n) is 12.6. The van der Waals surface area contributed by atoms with Crippen molar-refractivity contribution in [2.24, 2.45) is 0 Å². The fraction of sp³-hybridized carbons (Fsp3) is 0.346. The molecule has 0 radical (unpaired) electrons. The van der Waals surface area contributed by atoms with Gasteiger partial charge in [0.15, 0.2) is 17.5 Å². The molecule has 6 rings (SSSR count). The quantitative estimate of drug-likeness (QED) is 0.220. The number of fused-ring (bicyclic) bond motifs is 1. The van der Waals surface area contributed by atoms with Gasteiger partial charge in [0.25, 0.3) is 5.91 Å². The molecule has 1 spiro atoms. The van der Waals surface area contributed by atoms with Crippen LogP contribution in [0.25, 0.3) is 22.2 Å². The standard InChI is InChI=1S/C26H23ClF3N5O6/c27-12-1-2-17-13(7-12)14(8-31-17)25(39)32-20-3-4-40-26(20)24(38)22(23(37)19(10-36)41-26)35-9-18(33-34-35)11-5-15(28)21(30)16(29)6-11/h1-2,5-9,19-20,22-24,31,36-38H,3-4,10H2,(H,32,39)/t19-,20-,22+,23+,24-,26+/m1/s1. The van der Waals surface area contributed by atoms with Crippen molar-refractivity contribution in [3.8, 4) is 11.3 Å². The van der Waals surface area contributed by atoms with E-state index >= 15 is 0 Å². The van der Waals surface area contributed by atoms with Gasteiger partial charge in [0, 0.05) is 27.7 Å². The van der Waals surface area contributed by atoms with E-state index < -0.39 is 66.1 Å². The molecule has 216 valence electrons. The third-order valence-corrected chi connectivity index (χ3v) is 7.73. The van der Waals surface area contributed by atoms with E-state index in [9.17, 15) is 33.3 Å². The highest BCUT2D eigenvalue weighted by molar-refractivity contribution is 6.31. The fourth-order valence-electron chi connectivity index (χ4n) is 5.46. The second-order valence-electron chi connectivity index (χ2n) is 9.88. The Labute approximate surface area is 234 Å². The first kappa shape index (κ1) is 27.6. The van der Waals surface area contributed by atoms with E-state index in [-0.39, 0.29) is 29.8 Å². The number of hydrogen-bond acceptors (Lipinski definition) is 8. The number of aromatic amines is 1. The summed E-state index contributed by atoms with van der Waals surface area (Å²) < 4.78 is 53.9. The van der Waals surface area contributed by atoms with Gasteiger partial charge in [-0.2, -0.15) is 0 Å². The van der Waals surface area contributed by atoms with Gasteiger partial charge in [0.2, 0.25) is 5.79 Å². The average molecular weight is 594 g/mol. The maximum atomic E-state index is 13.8. The van der Waals surface area contributed by atoms with Gasteiger partial charge in [0.05, 0.1) is 31.0 Å². The predicted molar refractivity (Wildman–Crippen MR) is 136 cm³/mol. The molecule has 2 aliphatic heterocycles. The Kier molecular flexibility index (Phi) is 7.00. The molecule has 0 saturated carbocycles. The second-order valence-corrected chi connectivity index (χ2v) is 10.3. The Balaban J connectivity index is 1.32. The molecule has 2 aliphatic rings. The van der Waals surface area contributed by atoms with Gasteiger partial charge in [0.1, 0.15) is 30.0 Å². The van der Waals surface area contributed by atoms with Crippen LogP contribution in [0.1, 0.15) is 22.8 Å². The van der Waals surface area contributed by atoms with Gasteiger partial charge in [-0.05, 0) is 36.8 Å². The zero-order valence-electron chi connectivity index (χ0n) is 21.0. The van der Waals surface area contributed by atoms with Crippen molar-refractivity contribution in [2.45, 2.75) is 42.6 Å². The van der Waals surface area contributed by atoms with Crippen LogP contribution in [0, 0.1) is 17.5 Å². The van der Waals surface area contributed by atoms with Gasteiger partial charge < -0.3 is 35.1 Å². The molecule has 0 aliphatic carbocycles. The number of rotatable bonds is 5. The lowest BCUT2D eigenvalue weighted by Gasteiger charge is -2.49. The van der Waals surface area contributed by atoms with E-state index in [4.69, 9.17) is 21.1 Å². The molecule has 2 saturated heterocycles. The van der Waals surface area contributed by atoms with E-state index in [1.807, 2.05) is 0 Å². The largest absolute Gasteiger partial charge is 0.394 e. The highest BCUT2D eigenvalue weighted by Gasteiger charge is 2.62. The van der Waals surface area contributed by atoms with E-state index in [1.165, 1.54) is 12.4 Å². The van der Waals surface area contributed by atoms with Gasteiger partial charge in [-0.25, -0.2) is 17.9 Å². The molecule has 0 unspecified atom stereocenters. The molecule has 41 heavy (non-hydrogen) atoms. The lowest BCUT2D eigenvalue weighted by atomic mass is 9.86. The third-order valence-electron chi connectivity index (χ3n) is 7.49. The first-order valence-corrected chi connectivity index (χ1v) is 12.9. The molecule has 11 nitrogen and oxygen atoms in total. The molecule has 2 aromatic heterocycles. The molecule has 1 amide bonds. The van der Waals surface area contributed by atoms with Crippen LogP contribution in [-0.2, 0) is 9.47 Å². The van der Waals surface area contributed by atoms with Gasteiger partial charge in [-0.3, -0.25) is 4.79 Å². The topological polar surface area (TPSA) is 155 Å². The maximum absolute atomic E-state index is 13.8. The number of carbonyl (C=O) groups excluding carboxylic acids is 1. The number of amides is 1. The summed E-state index contributed by atoms with van der Waals surface area (Å²) >= 11 is 6.11. The van der Waals surface area contributed by atoms with Crippen molar-refractivity contribution in [3.63, 3.8) is 0 Å². The summed E-state index contributed by atoms with van der Waals surface area (Å²) in [5.74, 6) is -6.95. The lowest BCUT2D eigenvalue weighted by Crippen LogP contribution is -2.69. The minimum absolute atomic E-state index is 0.0550. The summed E-state index contributed by atoms with van der Waals surface area (Å²) in [7, 11) is 0. The van der Waals surface area contributed by atoms with Crippen LogP contribution in [0.15, 0.2) is 42.7 Å².